The Hall–Kier alpha value is -3.80. The van der Waals surface area contributed by atoms with Gasteiger partial charge in [-0.1, -0.05) is 18.2 Å². The van der Waals surface area contributed by atoms with Crippen LogP contribution in [0.15, 0.2) is 89.1 Å². The van der Waals surface area contributed by atoms with E-state index in [2.05, 4.69) is 15.5 Å². The minimum atomic E-state index is -0.284. The Morgan fingerprint density at radius 3 is 2.11 bits per heavy atom. The van der Waals surface area contributed by atoms with Crippen LogP contribution in [-0.4, -0.2) is 18.8 Å². The zero-order chi connectivity index (χ0) is 18.9. The van der Waals surface area contributed by atoms with Crippen molar-refractivity contribution in [3.8, 4) is 5.75 Å². The zero-order valence-corrected chi connectivity index (χ0v) is 14.4. The van der Waals surface area contributed by atoms with Crippen LogP contribution in [0.25, 0.3) is 0 Å². The molecule has 0 atom stereocenters. The smallest absolute Gasteiger partial charge is 0.262 e. The minimum absolute atomic E-state index is 0.129. The molecule has 3 rings (SSSR count). The van der Waals surface area contributed by atoms with E-state index in [1.54, 1.807) is 48.5 Å². The molecule has 3 aromatic rings. The maximum atomic E-state index is 12.0. The third kappa shape index (κ3) is 5.61. The number of carbonyl (C=O) groups excluding carboxylic acids is 2. The molecule has 0 aliphatic heterocycles. The molecule has 1 N–H and O–H groups in total. The van der Waals surface area contributed by atoms with E-state index in [-0.39, 0.29) is 12.5 Å². The number of rotatable bonds is 7. The number of nitrogens with one attached hydrogen (secondary N) is 1. The third-order valence-electron chi connectivity index (χ3n) is 3.57. The number of anilines is 1. The first-order valence-electron chi connectivity index (χ1n) is 8.28. The predicted molar refractivity (Wildman–Crippen MR) is 103 cm³/mol. The van der Waals surface area contributed by atoms with Gasteiger partial charge in [0.1, 0.15) is 12.0 Å². The van der Waals surface area contributed by atoms with Crippen molar-refractivity contribution in [1.29, 1.82) is 0 Å². The van der Waals surface area contributed by atoms with E-state index >= 15 is 0 Å². The van der Waals surface area contributed by atoms with Crippen LogP contribution in [0, 0.1) is 0 Å². The summed E-state index contributed by atoms with van der Waals surface area (Å²) in [6, 6.07) is 23.0. The molecule has 0 heterocycles. The molecule has 6 nitrogen and oxygen atoms in total. The summed E-state index contributed by atoms with van der Waals surface area (Å²) in [6.45, 7) is -0.129. The lowest BCUT2D eigenvalue weighted by atomic mass is 10.2. The minimum Gasteiger partial charge on any atom is -0.484 e. The predicted octanol–water partition coefficient (Wildman–Crippen LogP) is 4.93. The molecule has 0 bridgehead atoms. The fourth-order valence-electron chi connectivity index (χ4n) is 2.21. The van der Waals surface area contributed by atoms with Gasteiger partial charge in [0.15, 0.2) is 6.61 Å². The number of aldehydes is 1. The first-order chi connectivity index (χ1) is 13.2. The van der Waals surface area contributed by atoms with Crippen LogP contribution in [0.3, 0.4) is 0 Å². The van der Waals surface area contributed by atoms with Gasteiger partial charge in [-0.25, -0.2) is 0 Å². The van der Waals surface area contributed by atoms with Gasteiger partial charge in [0.25, 0.3) is 5.91 Å². The Kier molecular flexibility index (Phi) is 6.04. The molecule has 0 aliphatic carbocycles. The summed E-state index contributed by atoms with van der Waals surface area (Å²) in [6.07, 6.45) is 0.750. The molecule has 134 valence electrons. The topological polar surface area (TPSA) is 80.1 Å². The average molecular weight is 359 g/mol. The molecule has 0 radical (unpaired) electrons. The molecule has 6 heteroatoms. The largest absolute Gasteiger partial charge is 0.484 e. The van der Waals surface area contributed by atoms with Gasteiger partial charge >= 0.3 is 0 Å². The number of amides is 1. The van der Waals surface area contributed by atoms with Crippen molar-refractivity contribution in [2.45, 2.75) is 0 Å². The summed E-state index contributed by atoms with van der Waals surface area (Å²) >= 11 is 0. The van der Waals surface area contributed by atoms with Crippen LogP contribution >= 0.6 is 0 Å². The Bertz CT molecular complexity index is 921. The van der Waals surface area contributed by atoms with Crippen LogP contribution < -0.4 is 10.1 Å². The lowest BCUT2D eigenvalue weighted by Gasteiger charge is -2.07. The average Bonchev–Trinajstić information content (AvgIpc) is 2.73. The van der Waals surface area contributed by atoms with Crippen molar-refractivity contribution in [3.63, 3.8) is 0 Å². The van der Waals surface area contributed by atoms with E-state index in [1.807, 2.05) is 30.3 Å². The molecular formula is C21H17N3O3. The van der Waals surface area contributed by atoms with Gasteiger partial charge in [0, 0.05) is 11.3 Å². The standard InChI is InChI=1S/C21H17N3O3/c25-14-16-6-12-20(13-7-16)27-15-21(26)22-17-8-10-19(11-9-17)24-23-18-4-2-1-3-5-18/h1-14H,15H2,(H,22,26). The number of hydrogen-bond donors (Lipinski definition) is 1. The van der Waals surface area contributed by atoms with Crippen molar-refractivity contribution in [3.05, 3.63) is 84.4 Å². The van der Waals surface area contributed by atoms with Gasteiger partial charge in [-0.2, -0.15) is 10.2 Å². The SMILES string of the molecule is O=Cc1ccc(OCC(=O)Nc2ccc(N=Nc3ccccc3)cc2)cc1. The summed E-state index contributed by atoms with van der Waals surface area (Å²) < 4.78 is 5.39. The summed E-state index contributed by atoms with van der Waals surface area (Å²) in [5.41, 5.74) is 2.64. The Labute approximate surface area is 156 Å². The maximum absolute atomic E-state index is 12.0. The second kappa shape index (κ2) is 9.05. The molecule has 3 aromatic carbocycles. The molecule has 0 saturated carbocycles. The van der Waals surface area contributed by atoms with Crippen LogP contribution in [0.1, 0.15) is 10.4 Å². The number of hydrogen-bond acceptors (Lipinski definition) is 5. The van der Waals surface area contributed by atoms with E-state index < -0.39 is 0 Å². The Balaban J connectivity index is 1.50. The maximum Gasteiger partial charge on any atom is 0.262 e. The summed E-state index contributed by atoms with van der Waals surface area (Å²) in [4.78, 5) is 22.6. The molecule has 27 heavy (non-hydrogen) atoms. The first-order valence-corrected chi connectivity index (χ1v) is 8.28. The van der Waals surface area contributed by atoms with Crippen LogP contribution in [0.2, 0.25) is 0 Å². The number of azo groups is 1. The lowest BCUT2D eigenvalue weighted by molar-refractivity contribution is -0.118. The summed E-state index contributed by atoms with van der Waals surface area (Å²) in [7, 11) is 0. The number of ether oxygens (including phenoxy) is 1. The van der Waals surface area contributed by atoms with Crippen LogP contribution in [0.5, 0.6) is 5.75 Å². The number of nitrogens with zero attached hydrogens (tertiary/aromatic N) is 2. The highest BCUT2D eigenvalue weighted by Gasteiger charge is 2.04. The van der Waals surface area contributed by atoms with Gasteiger partial charge < -0.3 is 10.1 Å². The highest BCUT2D eigenvalue weighted by molar-refractivity contribution is 5.92. The highest BCUT2D eigenvalue weighted by Crippen LogP contribution is 2.20. The van der Waals surface area contributed by atoms with Gasteiger partial charge in [-0.15, -0.1) is 0 Å². The fourth-order valence-corrected chi connectivity index (χ4v) is 2.21. The van der Waals surface area contributed by atoms with E-state index in [1.165, 1.54) is 0 Å². The van der Waals surface area contributed by atoms with E-state index in [0.717, 1.165) is 12.0 Å². The van der Waals surface area contributed by atoms with Crippen molar-refractivity contribution in [2.24, 2.45) is 10.2 Å². The first kappa shape index (κ1) is 18.0. The van der Waals surface area contributed by atoms with E-state index in [9.17, 15) is 9.59 Å². The van der Waals surface area contributed by atoms with Crippen molar-refractivity contribution < 1.29 is 14.3 Å². The van der Waals surface area contributed by atoms with Gasteiger partial charge in [-0.3, -0.25) is 9.59 Å². The number of carbonyl (C=O) groups is 2. The van der Waals surface area contributed by atoms with E-state index in [0.29, 0.717) is 22.7 Å². The molecule has 0 unspecified atom stereocenters. The second-order valence-corrected chi connectivity index (χ2v) is 5.61. The monoisotopic (exact) mass is 359 g/mol. The molecule has 0 fully saturated rings. The second-order valence-electron chi connectivity index (χ2n) is 5.61. The summed E-state index contributed by atoms with van der Waals surface area (Å²) in [5, 5.41) is 11.0. The summed E-state index contributed by atoms with van der Waals surface area (Å²) in [5.74, 6) is 0.237. The lowest BCUT2D eigenvalue weighted by Crippen LogP contribution is -2.20. The molecule has 1 amide bonds. The van der Waals surface area contributed by atoms with Crippen LogP contribution in [0.4, 0.5) is 17.1 Å². The highest BCUT2D eigenvalue weighted by atomic mass is 16.5. The van der Waals surface area contributed by atoms with Crippen molar-refractivity contribution in [1.82, 2.24) is 0 Å². The van der Waals surface area contributed by atoms with Gasteiger partial charge in [-0.05, 0) is 60.7 Å². The van der Waals surface area contributed by atoms with Gasteiger partial charge in [0.2, 0.25) is 0 Å². The zero-order valence-electron chi connectivity index (χ0n) is 14.4. The molecule has 0 saturated heterocycles. The number of benzene rings is 3. The van der Waals surface area contributed by atoms with Gasteiger partial charge in [0.05, 0.1) is 11.4 Å². The molecule has 0 spiro atoms. The third-order valence-corrected chi connectivity index (χ3v) is 3.57. The Morgan fingerprint density at radius 2 is 1.48 bits per heavy atom. The fraction of sp³-hybridized carbons (Fsp3) is 0.0476. The quantitative estimate of drug-likeness (QED) is 0.480. The van der Waals surface area contributed by atoms with E-state index in [4.69, 9.17) is 4.74 Å². The van der Waals surface area contributed by atoms with Crippen molar-refractivity contribution in [2.75, 3.05) is 11.9 Å². The Morgan fingerprint density at radius 1 is 0.852 bits per heavy atom. The van der Waals surface area contributed by atoms with Crippen molar-refractivity contribution >= 4 is 29.3 Å². The van der Waals surface area contributed by atoms with Crippen LogP contribution in [-0.2, 0) is 4.79 Å². The molecule has 0 aromatic heterocycles. The molecular weight excluding hydrogens is 342 g/mol. The normalized spacial score (nSPS) is 10.5. The molecule has 0 aliphatic rings.